The van der Waals surface area contributed by atoms with E-state index >= 15 is 0 Å². The van der Waals surface area contributed by atoms with Crippen LogP contribution in [0.1, 0.15) is 38.3 Å². The molecule has 1 fully saturated rings. The first-order chi connectivity index (χ1) is 8.15. The zero-order valence-electron chi connectivity index (χ0n) is 10.8. The predicted molar refractivity (Wildman–Crippen MR) is 69.3 cm³/mol. The van der Waals surface area contributed by atoms with Crippen molar-refractivity contribution in [2.45, 2.75) is 45.2 Å². The molecule has 1 saturated carbocycles. The van der Waals surface area contributed by atoms with E-state index in [-0.39, 0.29) is 0 Å². The topological polar surface area (TPSA) is 55.0 Å². The van der Waals surface area contributed by atoms with E-state index in [2.05, 4.69) is 28.8 Å². The molecule has 4 heteroatoms. The van der Waals surface area contributed by atoms with Gasteiger partial charge in [-0.3, -0.25) is 9.88 Å². The second kappa shape index (κ2) is 5.45. The number of nitrogens with two attached hydrogens (primary N) is 1. The first-order valence-electron chi connectivity index (χ1n) is 6.42. The van der Waals surface area contributed by atoms with Crippen LogP contribution in [-0.4, -0.2) is 28.0 Å². The Bertz CT molecular complexity index is 341. The molecule has 94 valence electrons. The van der Waals surface area contributed by atoms with Crippen molar-refractivity contribution >= 4 is 5.82 Å². The van der Waals surface area contributed by atoms with Crippen LogP contribution in [-0.2, 0) is 6.54 Å². The summed E-state index contributed by atoms with van der Waals surface area (Å²) in [4.78, 5) is 10.8. The van der Waals surface area contributed by atoms with Gasteiger partial charge < -0.3 is 5.73 Å². The Hall–Kier alpha value is -1.16. The summed E-state index contributed by atoms with van der Waals surface area (Å²) in [5, 5.41) is 0. The van der Waals surface area contributed by atoms with Crippen molar-refractivity contribution < 1.29 is 0 Å². The van der Waals surface area contributed by atoms with Crippen molar-refractivity contribution in [1.29, 1.82) is 0 Å². The third-order valence-corrected chi connectivity index (χ3v) is 3.75. The zero-order chi connectivity index (χ0) is 12.3. The average molecular weight is 234 g/mol. The normalized spacial score (nSPS) is 25.1. The van der Waals surface area contributed by atoms with Crippen molar-refractivity contribution in [3.8, 4) is 0 Å². The summed E-state index contributed by atoms with van der Waals surface area (Å²) >= 11 is 0. The molecule has 1 aromatic heterocycles. The van der Waals surface area contributed by atoms with Crippen molar-refractivity contribution in [3.63, 3.8) is 0 Å². The maximum Gasteiger partial charge on any atom is 0.141 e. The van der Waals surface area contributed by atoms with E-state index in [1.165, 1.54) is 25.7 Å². The number of nitrogen functional groups attached to an aromatic ring is 1. The number of rotatable bonds is 3. The van der Waals surface area contributed by atoms with E-state index in [1.54, 1.807) is 12.4 Å². The molecule has 1 heterocycles. The quantitative estimate of drug-likeness (QED) is 0.870. The van der Waals surface area contributed by atoms with Crippen molar-refractivity contribution in [1.82, 2.24) is 14.9 Å². The van der Waals surface area contributed by atoms with Crippen LogP contribution in [0.4, 0.5) is 5.82 Å². The highest BCUT2D eigenvalue weighted by molar-refractivity contribution is 5.22. The van der Waals surface area contributed by atoms with Gasteiger partial charge in [0.25, 0.3) is 0 Å². The zero-order valence-corrected chi connectivity index (χ0v) is 10.8. The van der Waals surface area contributed by atoms with Gasteiger partial charge >= 0.3 is 0 Å². The lowest BCUT2D eigenvalue weighted by atomic mass is 9.87. The first-order valence-corrected chi connectivity index (χ1v) is 6.42. The number of anilines is 1. The molecule has 17 heavy (non-hydrogen) atoms. The van der Waals surface area contributed by atoms with Crippen molar-refractivity contribution in [2.75, 3.05) is 12.8 Å². The highest BCUT2D eigenvalue weighted by Gasteiger charge is 2.21. The summed E-state index contributed by atoms with van der Waals surface area (Å²) in [5.41, 5.74) is 6.53. The molecule has 0 saturated heterocycles. The van der Waals surface area contributed by atoms with Crippen LogP contribution in [0.2, 0.25) is 0 Å². The summed E-state index contributed by atoms with van der Waals surface area (Å²) < 4.78 is 0. The predicted octanol–water partition coefficient (Wildman–Crippen LogP) is 2.07. The van der Waals surface area contributed by atoms with E-state index < -0.39 is 0 Å². The lowest BCUT2D eigenvalue weighted by molar-refractivity contribution is 0.162. The minimum absolute atomic E-state index is 0.489. The van der Waals surface area contributed by atoms with Gasteiger partial charge in [-0.05, 0) is 38.6 Å². The van der Waals surface area contributed by atoms with Crippen molar-refractivity contribution in [2.24, 2.45) is 5.92 Å². The number of hydrogen-bond donors (Lipinski definition) is 1. The highest BCUT2D eigenvalue weighted by atomic mass is 15.1. The molecule has 1 aromatic rings. The van der Waals surface area contributed by atoms with Crippen LogP contribution >= 0.6 is 0 Å². The van der Waals surface area contributed by atoms with E-state index in [0.29, 0.717) is 11.9 Å². The van der Waals surface area contributed by atoms with Crippen LogP contribution in [0.3, 0.4) is 0 Å². The summed E-state index contributed by atoms with van der Waals surface area (Å²) in [6.45, 7) is 3.22. The minimum atomic E-state index is 0.489. The molecule has 0 unspecified atom stereocenters. The van der Waals surface area contributed by atoms with Gasteiger partial charge in [-0.15, -0.1) is 0 Å². The molecule has 0 bridgehead atoms. The Labute approximate surface area is 103 Å². The standard InChI is InChI=1S/C13H22N4/c1-10-3-5-12(6-4-10)17(2)9-11-7-16-13(14)8-15-11/h7-8,10,12H,3-6,9H2,1-2H3,(H2,14,16). The highest BCUT2D eigenvalue weighted by Crippen LogP contribution is 2.26. The van der Waals surface area contributed by atoms with Crippen LogP contribution in [0.25, 0.3) is 0 Å². The molecule has 2 N–H and O–H groups in total. The Morgan fingerprint density at radius 3 is 2.53 bits per heavy atom. The monoisotopic (exact) mass is 234 g/mol. The maximum atomic E-state index is 5.53. The molecule has 0 aliphatic heterocycles. The average Bonchev–Trinajstić information content (AvgIpc) is 2.33. The first kappa shape index (κ1) is 12.3. The summed E-state index contributed by atoms with van der Waals surface area (Å²) in [5.74, 6) is 1.39. The molecule has 0 aromatic carbocycles. The van der Waals surface area contributed by atoms with Gasteiger partial charge in [-0.2, -0.15) is 0 Å². The van der Waals surface area contributed by atoms with Crippen LogP contribution in [0.5, 0.6) is 0 Å². The third-order valence-electron chi connectivity index (χ3n) is 3.75. The fourth-order valence-electron chi connectivity index (χ4n) is 2.51. The molecule has 1 aliphatic rings. The third kappa shape index (κ3) is 3.40. The summed E-state index contributed by atoms with van der Waals surface area (Å²) in [6.07, 6.45) is 8.72. The van der Waals surface area contributed by atoms with Gasteiger partial charge in [0.15, 0.2) is 0 Å². The summed E-state index contributed by atoms with van der Waals surface area (Å²) in [6, 6.07) is 0.700. The Morgan fingerprint density at radius 1 is 1.24 bits per heavy atom. The van der Waals surface area contributed by atoms with E-state index in [1.807, 2.05) is 0 Å². The molecule has 0 spiro atoms. The number of nitrogens with zero attached hydrogens (tertiary/aromatic N) is 3. The fourth-order valence-corrected chi connectivity index (χ4v) is 2.51. The van der Waals surface area contributed by atoms with Crippen LogP contribution < -0.4 is 5.73 Å². The molecule has 0 atom stereocenters. The molecular weight excluding hydrogens is 212 g/mol. The maximum absolute atomic E-state index is 5.53. The Morgan fingerprint density at radius 2 is 1.94 bits per heavy atom. The molecule has 4 nitrogen and oxygen atoms in total. The van der Waals surface area contributed by atoms with Gasteiger partial charge in [0.1, 0.15) is 5.82 Å². The molecule has 0 amide bonds. The molecule has 0 radical (unpaired) electrons. The smallest absolute Gasteiger partial charge is 0.141 e. The Kier molecular flexibility index (Phi) is 3.94. The van der Waals surface area contributed by atoms with Gasteiger partial charge in [0.05, 0.1) is 18.1 Å². The summed E-state index contributed by atoms with van der Waals surface area (Å²) in [7, 11) is 2.18. The van der Waals surface area contributed by atoms with E-state index in [4.69, 9.17) is 5.73 Å². The molecule has 2 rings (SSSR count). The van der Waals surface area contributed by atoms with Gasteiger partial charge in [0, 0.05) is 12.6 Å². The van der Waals surface area contributed by atoms with Crippen LogP contribution in [0.15, 0.2) is 12.4 Å². The second-order valence-electron chi connectivity index (χ2n) is 5.26. The van der Waals surface area contributed by atoms with Gasteiger partial charge in [0.2, 0.25) is 0 Å². The van der Waals surface area contributed by atoms with E-state index in [9.17, 15) is 0 Å². The molecular formula is C13H22N4. The minimum Gasteiger partial charge on any atom is -0.382 e. The lowest BCUT2D eigenvalue weighted by Gasteiger charge is -2.33. The second-order valence-corrected chi connectivity index (χ2v) is 5.26. The van der Waals surface area contributed by atoms with Crippen LogP contribution in [0, 0.1) is 5.92 Å². The molecule has 1 aliphatic carbocycles. The SMILES string of the molecule is CC1CCC(N(C)Cc2cnc(N)cn2)CC1. The Balaban J connectivity index is 1.88. The number of hydrogen-bond acceptors (Lipinski definition) is 4. The van der Waals surface area contributed by atoms with Gasteiger partial charge in [-0.1, -0.05) is 6.92 Å². The van der Waals surface area contributed by atoms with Crippen molar-refractivity contribution in [3.05, 3.63) is 18.1 Å². The fraction of sp³-hybridized carbons (Fsp3) is 0.692. The van der Waals surface area contributed by atoms with Gasteiger partial charge in [-0.25, -0.2) is 4.98 Å². The van der Waals surface area contributed by atoms with E-state index in [0.717, 1.165) is 18.2 Å². The largest absolute Gasteiger partial charge is 0.382 e. The number of aromatic nitrogens is 2. The lowest BCUT2D eigenvalue weighted by Crippen LogP contribution is -2.34.